The van der Waals surface area contributed by atoms with Gasteiger partial charge in [0.2, 0.25) is 0 Å². The number of hydrogen-bond acceptors (Lipinski definition) is 5. The summed E-state index contributed by atoms with van der Waals surface area (Å²) in [7, 11) is 1.44. The Kier molecular flexibility index (Phi) is 5.13. The molecule has 0 aliphatic carbocycles. The third kappa shape index (κ3) is 3.85. The van der Waals surface area contributed by atoms with Gasteiger partial charge in [0.25, 0.3) is 5.91 Å². The fourth-order valence-corrected chi connectivity index (χ4v) is 1.43. The van der Waals surface area contributed by atoms with E-state index in [9.17, 15) is 14.7 Å². The lowest BCUT2D eigenvalue weighted by Gasteiger charge is -2.18. The van der Waals surface area contributed by atoms with Crippen molar-refractivity contribution in [3.05, 3.63) is 23.8 Å². The molecule has 0 fully saturated rings. The van der Waals surface area contributed by atoms with Gasteiger partial charge in [-0.1, -0.05) is 12.1 Å². The van der Waals surface area contributed by atoms with Crippen molar-refractivity contribution in [1.29, 1.82) is 0 Å². The molecule has 0 saturated heterocycles. The standard InChI is InChI=1S/C12H16N2O5/c1-7(11(16)14-12(13)17)19-10-8(6-15)4-3-5-9(10)18-2/h3-5,7,15H,6H2,1-2H3,(H3,13,14,16,17). The summed E-state index contributed by atoms with van der Waals surface area (Å²) in [4.78, 5) is 22.1. The summed E-state index contributed by atoms with van der Waals surface area (Å²) in [5.41, 5.74) is 5.32. The molecule has 1 aromatic carbocycles. The number of hydrogen-bond donors (Lipinski definition) is 3. The number of ether oxygens (including phenoxy) is 2. The van der Waals surface area contributed by atoms with Crippen LogP contribution in [0.2, 0.25) is 0 Å². The lowest BCUT2D eigenvalue weighted by molar-refractivity contribution is -0.126. The minimum absolute atomic E-state index is 0.250. The fourth-order valence-electron chi connectivity index (χ4n) is 1.43. The first-order chi connectivity index (χ1) is 8.99. The maximum Gasteiger partial charge on any atom is 0.318 e. The predicted octanol–water partition coefficient (Wildman–Crippen LogP) is 0.150. The molecule has 0 saturated carbocycles. The number of carbonyl (C=O) groups is 2. The van der Waals surface area contributed by atoms with Crippen molar-refractivity contribution in [1.82, 2.24) is 5.32 Å². The zero-order valence-corrected chi connectivity index (χ0v) is 10.7. The summed E-state index contributed by atoms with van der Waals surface area (Å²) < 4.78 is 10.5. The number of aliphatic hydroxyl groups excluding tert-OH is 1. The van der Waals surface area contributed by atoms with Crippen LogP contribution in [0.5, 0.6) is 11.5 Å². The van der Waals surface area contributed by atoms with E-state index >= 15 is 0 Å². The number of nitrogens with one attached hydrogen (secondary N) is 1. The van der Waals surface area contributed by atoms with Gasteiger partial charge in [-0.05, 0) is 13.0 Å². The molecule has 3 amide bonds. The minimum atomic E-state index is -0.964. The van der Waals surface area contributed by atoms with Crippen molar-refractivity contribution in [2.75, 3.05) is 7.11 Å². The molecule has 1 atom stereocenters. The topological polar surface area (TPSA) is 111 Å². The molecule has 4 N–H and O–H groups in total. The number of nitrogens with two attached hydrogens (primary N) is 1. The van der Waals surface area contributed by atoms with E-state index in [2.05, 4.69) is 0 Å². The Balaban J connectivity index is 2.91. The number of primary amides is 1. The molecule has 0 aliphatic rings. The zero-order chi connectivity index (χ0) is 14.4. The molecule has 0 radical (unpaired) electrons. The molecular formula is C12H16N2O5. The number of carbonyl (C=O) groups excluding carboxylic acids is 2. The molecule has 0 heterocycles. The second-order valence-corrected chi connectivity index (χ2v) is 3.72. The van der Waals surface area contributed by atoms with Crippen LogP contribution in [0.1, 0.15) is 12.5 Å². The molecule has 7 nitrogen and oxygen atoms in total. The van der Waals surface area contributed by atoms with Crippen molar-refractivity contribution in [3.63, 3.8) is 0 Å². The maximum absolute atomic E-state index is 11.5. The van der Waals surface area contributed by atoms with Crippen LogP contribution in [-0.4, -0.2) is 30.3 Å². The van der Waals surface area contributed by atoms with Crippen LogP contribution in [0, 0.1) is 0 Å². The number of aliphatic hydroxyl groups is 1. The van der Waals surface area contributed by atoms with E-state index in [-0.39, 0.29) is 12.4 Å². The third-order valence-electron chi connectivity index (χ3n) is 2.36. The van der Waals surface area contributed by atoms with Crippen molar-refractivity contribution in [2.45, 2.75) is 19.6 Å². The SMILES string of the molecule is COc1cccc(CO)c1OC(C)C(=O)NC(N)=O. The van der Waals surface area contributed by atoms with Crippen LogP contribution < -0.4 is 20.5 Å². The second-order valence-electron chi connectivity index (χ2n) is 3.72. The van der Waals surface area contributed by atoms with Crippen LogP contribution >= 0.6 is 0 Å². The Morgan fingerprint density at radius 1 is 1.47 bits per heavy atom. The molecule has 104 valence electrons. The molecule has 0 spiro atoms. The first kappa shape index (κ1) is 14.8. The summed E-state index contributed by atoms with van der Waals surface area (Å²) in [6, 6.07) is 4.00. The molecule has 1 aromatic rings. The first-order valence-corrected chi connectivity index (χ1v) is 5.53. The highest BCUT2D eigenvalue weighted by molar-refractivity contribution is 5.95. The van der Waals surface area contributed by atoms with Gasteiger partial charge < -0.3 is 20.3 Å². The van der Waals surface area contributed by atoms with Gasteiger partial charge in [0.05, 0.1) is 13.7 Å². The fraction of sp³-hybridized carbons (Fsp3) is 0.333. The van der Waals surface area contributed by atoms with Gasteiger partial charge >= 0.3 is 6.03 Å². The summed E-state index contributed by atoms with van der Waals surface area (Å²) in [6.45, 7) is 1.18. The van der Waals surface area contributed by atoms with Gasteiger partial charge in [-0.2, -0.15) is 0 Å². The number of para-hydroxylation sites is 1. The lowest BCUT2D eigenvalue weighted by Crippen LogP contribution is -2.42. The van der Waals surface area contributed by atoms with Gasteiger partial charge in [0.1, 0.15) is 0 Å². The Labute approximate surface area is 110 Å². The minimum Gasteiger partial charge on any atom is -0.493 e. The number of rotatable bonds is 5. The number of methoxy groups -OCH3 is 1. The first-order valence-electron chi connectivity index (χ1n) is 5.53. The largest absolute Gasteiger partial charge is 0.493 e. The predicted molar refractivity (Wildman–Crippen MR) is 66.7 cm³/mol. The summed E-state index contributed by atoms with van der Waals surface area (Å²) in [6.07, 6.45) is -0.964. The molecule has 0 bridgehead atoms. The van der Waals surface area contributed by atoms with Gasteiger partial charge in [0.15, 0.2) is 17.6 Å². The Morgan fingerprint density at radius 2 is 2.16 bits per heavy atom. The lowest BCUT2D eigenvalue weighted by atomic mass is 10.2. The van der Waals surface area contributed by atoms with Crippen molar-refractivity contribution in [2.24, 2.45) is 5.73 Å². The van der Waals surface area contributed by atoms with E-state index < -0.39 is 18.0 Å². The zero-order valence-electron chi connectivity index (χ0n) is 10.7. The van der Waals surface area contributed by atoms with Crippen LogP contribution in [0.25, 0.3) is 0 Å². The average Bonchev–Trinajstić information content (AvgIpc) is 2.37. The average molecular weight is 268 g/mol. The van der Waals surface area contributed by atoms with Crippen LogP contribution in [0.4, 0.5) is 4.79 Å². The van der Waals surface area contributed by atoms with Crippen LogP contribution in [0.3, 0.4) is 0 Å². The van der Waals surface area contributed by atoms with Crippen LogP contribution in [0.15, 0.2) is 18.2 Å². The van der Waals surface area contributed by atoms with Crippen molar-refractivity contribution >= 4 is 11.9 Å². The Hall–Kier alpha value is -2.28. The van der Waals surface area contributed by atoms with E-state index in [1.54, 1.807) is 18.2 Å². The van der Waals surface area contributed by atoms with Gasteiger partial charge in [0, 0.05) is 5.56 Å². The quantitative estimate of drug-likeness (QED) is 0.704. The van der Waals surface area contributed by atoms with E-state index in [1.165, 1.54) is 14.0 Å². The number of amides is 3. The van der Waals surface area contributed by atoms with E-state index in [4.69, 9.17) is 15.2 Å². The van der Waals surface area contributed by atoms with Gasteiger partial charge in [-0.25, -0.2) is 4.79 Å². The second kappa shape index (κ2) is 6.60. The third-order valence-corrected chi connectivity index (χ3v) is 2.36. The van der Waals surface area contributed by atoms with E-state index in [0.29, 0.717) is 11.3 Å². The molecule has 1 unspecified atom stereocenters. The van der Waals surface area contributed by atoms with E-state index in [1.807, 2.05) is 5.32 Å². The Bertz CT molecular complexity index is 453. The molecule has 1 rings (SSSR count). The van der Waals surface area contributed by atoms with Crippen LogP contribution in [-0.2, 0) is 11.4 Å². The molecule has 7 heteroatoms. The normalized spacial score (nSPS) is 11.5. The molecule has 0 aromatic heterocycles. The number of benzene rings is 1. The summed E-state index contributed by atoms with van der Waals surface area (Å²) in [5.74, 6) is -0.0489. The van der Waals surface area contributed by atoms with Crippen molar-refractivity contribution in [3.8, 4) is 11.5 Å². The summed E-state index contributed by atoms with van der Waals surface area (Å²) >= 11 is 0. The highest BCUT2D eigenvalue weighted by atomic mass is 16.5. The number of imide groups is 1. The van der Waals surface area contributed by atoms with Gasteiger partial charge in [-0.15, -0.1) is 0 Å². The van der Waals surface area contributed by atoms with Gasteiger partial charge in [-0.3, -0.25) is 10.1 Å². The molecule has 0 aliphatic heterocycles. The molecule has 19 heavy (non-hydrogen) atoms. The van der Waals surface area contributed by atoms with E-state index in [0.717, 1.165) is 0 Å². The molecular weight excluding hydrogens is 252 g/mol. The maximum atomic E-state index is 11.5. The number of urea groups is 1. The Morgan fingerprint density at radius 3 is 2.68 bits per heavy atom. The highest BCUT2D eigenvalue weighted by Crippen LogP contribution is 2.31. The highest BCUT2D eigenvalue weighted by Gasteiger charge is 2.20. The summed E-state index contributed by atoms with van der Waals surface area (Å²) in [5, 5.41) is 11.1. The monoisotopic (exact) mass is 268 g/mol. The smallest absolute Gasteiger partial charge is 0.318 e. The van der Waals surface area contributed by atoms with Crippen molar-refractivity contribution < 1.29 is 24.2 Å².